The van der Waals surface area contributed by atoms with Crippen molar-refractivity contribution < 1.29 is 50.4 Å². The minimum absolute atomic E-state index is 0. The van der Waals surface area contributed by atoms with Crippen LogP contribution < -0.4 is 5.22 Å². The van der Waals surface area contributed by atoms with E-state index in [0.717, 1.165) is 38.3 Å². The Kier molecular flexibility index (Phi) is 7.99. The number of nitrogens with zero attached hydrogens (tertiary/aromatic N) is 3. The monoisotopic (exact) mass is 755 g/mol. The van der Waals surface area contributed by atoms with E-state index in [4.69, 9.17) is 0 Å². The number of aliphatic hydroxyl groups is 2. The summed E-state index contributed by atoms with van der Waals surface area (Å²) in [7, 11) is 0. The van der Waals surface area contributed by atoms with Gasteiger partial charge in [0.05, 0.1) is 22.5 Å². The molecule has 5 nitrogen and oxygen atoms in total. The van der Waals surface area contributed by atoms with Crippen LogP contribution in [0.4, 0.5) is 5.69 Å². The molecule has 2 N–H and O–H groups in total. The number of benzene rings is 2. The predicted octanol–water partition coefficient (Wildman–Crippen LogP) is 4.87. The summed E-state index contributed by atoms with van der Waals surface area (Å²) in [5.74, 6) is 0.571. The second-order valence-electron chi connectivity index (χ2n) is 6.57. The van der Waals surface area contributed by atoms with Gasteiger partial charge in [-0.05, 0) is 48.9 Å². The molecule has 0 aliphatic carbocycles. The molecule has 0 saturated heterocycles. The van der Waals surface area contributed by atoms with Gasteiger partial charge in [-0.1, -0.05) is 24.3 Å². The molecule has 156 valence electrons. The summed E-state index contributed by atoms with van der Waals surface area (Å²) in [6.45, 7) is 3.32. The maximum atomic E-state index is 9.64. The van der Waals surface area contributed by atoms with Crippen molar-refractivity contribution in [1.29, 1.82) is 0 Å². The van der Waals surface area contributed by atoms with Crippen molar-refractivity contribution in [2.75, 3.05) is 0 Å². The Morgan fingerprint density at radius 3 is 2.20 bits per heavy atom. The van der Waals surface area contributed by atoms with Crippen LogP contribution in [0, 0.1) is 0 Å². The van der Waals surface area contributed by atoms with E-state index in [0.29, 0.717) is 11.3 Å². The topological polar surface area (TPSA) is 78.6 Å². The molecule has 1 aliphatic heterocycles. The zero-order chi connectivity index (χ0) is 19.7. The Hall–Kier alpha value is -2.43. The van der Waals surface area contributed by atoms with E-state index in [1.54, 1.807) is 32.5 Å². The van der Waals surface area contributed by atoms with Gasteiger partial charge in [0.1, 0.15) is 11.5 Å². The smallest absolute Gasteiger partial charge is 0.101 e. The fourth-order valence-corrected chi connectivity index (χ4v) is 3.31. The largest absolute Gasteiger partial charge is 0.512 e. The third-order valence-electron chi connectivity index (χ3n) is 4.66. The number of hydrogen-bond acceptors (Lipinski definition) is 5. The summed E-state index contributed by atoms with van der Waals surface area (Å²) < 4.78 is 0. The summed E-state index contributed by atoms with van der Waals surface area (Å²) in [5.41, 5.74) is 3.17. The first kappa shape index (κ1) is 23.8. The molecule has 7 heteroatoms. The summed E-state index contributed by atoms with van der Waals surface area (Å²) >= 11 is 0. The zero-order valence-corrected chi connectivity index (χ0v) is 21.0. The van der Waals surface area contributed by atoms with E-state index in [1.807, 2.05) is 36.4 Å². The zero-order valence-electron chi connectivity index (χ0n) is 16.3. The number of aliphatic imine (C=N–C) groups is 1. The first-order valence-electron chi connectivity index (χ1n) is 8.91. The fourth-order valence-electron chi connectivity index (χ4n) is 3.31. The van der Waals surface area contributed by atoms with Crippen molar-refractivity contribution in [1.82, 2.24) is 9.97 Å². The van der Waals surface area contributed by atoms with Crippen LogP contribution in [0.5, 0.6) is 0 Å². The summed E-state index contributed by atoms with van der Waals surface area (Å²) in [6, 6.07) is 15.8. The number of hydrogen-bond donors (Lipinski definition) is 2. The average molecular weight is 754 g/mol. The standard InChI is InChI=1S/C14H11NO.C9H8N2O.2Ir/c1-9(16)12-6-5-10-3-2-4-11-7-8-15-14(12)13(10)11;1-6(12)7-5-11-8-3-2-4-10-9(7)8;;/h2-8,16H,1H3;2-5,12H,1H3;;. The molecule has 2 aromatic heterocycles. The predicted molar refractivity (Wildman–Crippen MR) is 114 cm³/mol. The molecule has 0 amide bonds. The van der Waals surface area contributed by atoms with Crippen molar-refractivity contribution in [3.63, 3.8) is 0 Å². The van der Waals surface area contributed by atoms with Crippen LogP contribution in [0.1, 0.15) is 19.5 Å². The van der Waals surface area contributed by atoms with Crippen molar-refractivity contribution >= 4 is 44.9 Å². The van der Waals surface area contributed by atoms with Gasteiger partial charge in [0.2, 0.25) is 0 Å². The Morgan fingerprint density at radius 2 is 1.50 bits per heavy atom. The van der Waals surface area contributed by atoms with E-state index in [9.17, 15) is 10.2 Å². The molecule has 0 bridgehead atoms. The average Bonchev–Trinajstić information content (AvgIpc) is 3.13. The van der Waals surface area contributed by atoms with E-state index in [2.05, 4.69) is 27.1 Å². The van der Waals surface area contributed by atoms with Gasteiger partial charge in [-0.25, -0.2) is 0 Å². The third kappa shape index (κ3) is 4.50. The van der Waals surface area contributed by atoms with Crippen molar-refractivity contribution in [3.8, 4) is 0 Å². The number of pyridine rings is 2. The second kappa shape index (κ2) is 10.1. The number of aliphatic hydroxyl groups excluding tert-OH is 2. The molecule has 2 radical (unpaired) electrons. The minimum Gasteiger partial charge on any atom is -0.512 e. The van der Waals surface area contributed by atoms with Gasteiger partial charge in [0.15, 0.2) is 0 Å². The van der Waals surface area contributed by atoms with Gasteiger partial charge in [0, 0.05) is 69.4 Å². The van der Waals surface area contributed by atoms with Crippen LogP contribution in [0.15, 0.2) is 71.7 Å². The summed E-state index contributed by atoms with van der Waals surface area (Å²) in [5, 5.41) is 23.1. The maximum Gasteiger partial charge on any atom is 0.101 e. The second-order valence-corrected chi connectivity index (χ2v) is 6.57. The Bertz CT molecular complexity index is 1290. The van der Waals surface area contributed by atoms with Gasteiger partial charge in [-0.2, -0.15) is 0 Å². The molecule has 30 heavy (non-hydrogen) atoms. The molecule has 4 aromatic rings. The van der Waals surface area contributed by atoms with Crippen LogP contribution in [0.3, 0.4) is 0 Å². The molecule has 5 rings (SSSR count). The molecular weight excluding hydrogens is 735 g/mol. The molecular formula is C23H19Ir2N3O2. The molecule has 0 spiro atoms. The SMILES string of the molecule is CC(O)=C1C=Nc2cccnc21.CC(O)=c1ccc2cccc3ccnc1c32.[Ir].[Ir]. The summed E-state index contributed by atoms with van der Waals surface area (Å²) in [4.78, 5) is 12.6. The molecule has 0 saturated carbocycles. The van der Waals surface area contributed by atoms with Gasteiger partial charge in [-0.3, -0.25) is 15.0 Å². The minimum atomic E-state index is 0. The fraction of sp³-hybridized carbons (Fsp3) is 0.0870. The van der Waals surface area contributed by atoms with Gasteiger partial charge in [0.25, 0.3) is 0 Å². The molecule has 1 aliphatic rings. The summed E-state index contributed by atoms with van der Waals surface area (Å²) in [6.07, 6.45) is 5.10. The van der Waals surface area contributed by atoms with Crippen molar-refractivity contribution in [3.05, 3.63) is 77.6 Å². The maximum absolute atomic E-state index is 9.64. The van der Waals surface area contributed by atoms with E-state index in [-0.39, 0.29) is 46.0 Å². The quantitative estimate of drug-likeness (QED) is 0.252. The Balaban J connectivity index is 0.000000207. The van der Waals surface area contributed by atoms with Gasteiger partial charge < -0.3 is 10.2 Å². The number of rotatable bonds is 0. The first-order valence-corrected chi connectivity index (χ1v) is 8.91. The molecule has 3 heterocycles. The Labute approximate surface area is 201 Å². The van der Waals surface area contributed by atoms with Crippen LogP contribution in [0.25, 0.3) is 33.0 Å². The molecule has 2 aromatic carbocycles. The third-order valence-corrected chi connectivity index (χ3v) is 4.66. The van der Waals surface area contributed by atoms with E-state index >= 15 is 0 Å². The number of fused-ring (bicyclic) bond motifs is 1. The first-order chi connectivity index (χ1) is 13.6. The normalized spacial score (nSPS) is 14.2. The van der Waals surface area contributed by atoms with Crippen LogP contribution in [0.2, 0.25) is 0 Å². The van der Waals surface area contributed by atoms with E-state index < -0.39 is 0 Å². The van der Waals surface area contributed by atoms with Crippen LogP contribution in [-0.2, 0) is 40.2 Å². The molecule has 0 fully saturated rings. The van der Waals surface area contributed by atoms with Gasteiger partial charge in [-0.15, -0.1) is 0 Å². The van der Waals surface area contributed by atoms with Crippen LogP contribution in [-0.4, -0.2) is 26.4 Å². The Morgan fingerprint density at radius 1 is 0.767 bits per heavy atom. The van der Waals surface area contributed by atoms with Crippen molar-refractivity contribution in [2.45, 2.75) is 13.8 Å². The van der Waals surface area contributed by atoms with Crippen molar-refractivity contribution in [2.24, 2.45) is 4.99 Å². The number of aromatic nitrogens is 2. The molecule has 0 atom stereocenters. The molecule has 0 unspecified atom stereocenters. The van der Waals surface area contributed by atoms with Crippen LogP contribution >= 0.6 is 0 Å². The van der Waals surface area contributed by atoms with Gasteiger partial charge >= 0.3 is 0 Å². The number of allylic oxidation sites excluding steroid dienone is 2. The van der Waals surface area contributed by atoms with E-state index in [1.165, 1.54) is 0 Å².